The number of H-pyrrole nitrogens is 1. The third-order valence-corrected chi connectivity index (χ3v) is 4.09. The lowest BCUT2D eigenvalue weighted by atomic mass is 10.1. The first kappa shape index (κ1) is 14.3. The molecule has 2 aromatic heterocycles. The second-order valence-electron chi connectivity index (χ2n) is 5.55. The molecule has 0 radical (unpaired) electrons. The van der Waals surface area contributed by atoms with Gasteiger partial charge in [0.2, 0.25) is 0 Å². The van der Waals surface area contributed by atoms with Crippen LogP contribution >= 0.6 is 0 Å². The SMILES string of the molecule is COc1cccc(-c2nc(C(N)=O)cc3c2[nH]c2ccccc23)c1. The van der Waals surface area contributed by atoms with E-state index in [4.69, 9.17) is 10.5 Å². The third-order valence-electron chi connectivity index (χ3n) is 4.09. The van der Waals surface area contributed by atoms with Crippen LogP contribution in [0.3, 0.4) is 0 Å². The van der Waals surface area contributed by atoms with Crippen LogP contribution in [-0.4, -0.2) is 23.0 Å². The van der Waals surface area contributed by atoms with Crippen LogP contribution in [0.5, 0.6) is 5.75 Å². The van der Waals surface area contributed by atoms with Crippen LogP contribution in [-0.2, 0) is 0 Å². The van der Waals surface area contributed by atoms with Gasteiger partial charge in [-0.25, -0.2) is 4.98 Å². The number of carbonyl (C=O) groups is 1. The number of hydrogen-bond donors (Lipinski definition) is 2. The lowest BCUT2D eigenvalue weighted by Crippen LogP contribution is -2.13. The van der Waals surface area contributed by atoms with Crippen LogP contribution < -0.4 is 10.5 Å². The molecule has 5 heteroatoms. The van der Waals surface area contributed by atoms with E-state index in [1.807, 2.05) is 48.5 Å². The Morgan fingerprint density at radius 1 is 1.08 bits per heavy atom. The fourth-order valence-corrected chi connectivity index (χ4v) is 2.95. The summed E-state index contributed by atoms with van der Waals surface area (Å²) in [6.45, 7) is 0. The molecular formula is C19H15N3O2. The molecular weight excluding hydrogens is 302 g/mol. The van der Waals surface area contributed by atoms with Crippen molar-refractivity contribution in [2.75, 3.05) is 7.11 Å². The number of benzene rings is 2. The predicted octanol–water partition coefficient (Wildman–Crippen LogP) is 3.49. The topological polar surface area (TPSA) is 81.0 Å². The number of nitrogens with zero attached hydrogens (tertiary/aromatic N) is 1. The Labute approximate surface area is 138 Å². The maximum atomic E-state index is 11.7. The zero-order valence-electron chi connectivity index (χ0n) is 13.0. The van der Waals surface area contributed by atoms with Crippen LogP contribution in [0.1, 0.15) is 10.5 Å². The maximum Gasteiger partial charge on any atom is 0.267 e. The van der Waals surface area contributed by atoms with Crippen molar-refractivity contribution >= 4 is 27.7 Å². The lowest BCUT2D eigenvalue weighted by Gasteiger charge is -2.07. The molecule has 0 aliphatic rings. The number of fused-ring (bicyclic) bond motifs is 3. The van der Waals surface area contributed by atoms with E-state index in [1.54, 1.807) is 13.2 Å². The number of aromatic nitrogens is 2. The number of primary amides is 1. The van der Waals surface area contributed by atoms with Crippen LogP contribution in [0.2, 0.25) is 0 Å². The molecule has 1 amide bonds. The molecule has 24 heavy (non-hydrogen) atoms. The largest absolute Gasteiger partial charge is 0.497 e. The Bertz CT molecular complexity index is 1080. The van der Waals surface area contributed by atoms with Gasteiger partial charge in [-0.05, 0) is 24.3 Å². The van der Waals surface area contributed by atoms with E-state index in [2.05, 4.69) is 9.97 Å². The first-order valence-corrected chi connectivity index (χ1v) is 7.53. The van der Waals surface area contributed by atoms with Gasteiger partial charge in [-0.3, -0.25) is 4.79 Å². The van der Waals surface area contributed by atoms with Crippen LogP contribution in [0.4, 0.5) is 0 Å². The minimum atomic E-state index is -0.550. The standard InChI is InChI=1S/C19H15N3O2/c1-24-12-6-4-5-11(9-12)17-18-14(10-16(22-17)19(20)23)13-7-2-3-8-15(13)21-18/h2-10,21H,1H3,(H2,20,23). The molecule has 0 saturated heterocycles. The van der Waals surface area contributed by atoms with Crippen molar-refractivity contribution in [1.29, 1.82) is 0 Å². The highest BCUT2D eigenvalue weighted by Gasteiger charge is 2.15. The van der Waals surface area contributed by atoms with Gasteiger partial charge in [-0.2, -0.15) is 0 Å². The van der Waals surface area contributed by atoms with Crippen molar-refractivity contribution in [3.05, 3.63) is 60.3 Å². The minimum absolute atomic E-state index is 0.241. The summed E-state index contributed by atoms with van der Waals surface area (Å²) in [6, 6.07) is 17.2. The zero-order valence-corrected chi connectivity index (χ0v) is 13.0. The first-order valence-electron chi connectivity index (χ1n) is 7.53. The zero-order chi connectivity index (χ0) is 16.7. The number of para-hydroxylation sites is 1. The van der Waals surface area contributed by atoms with Crippen molar-refractivity contribution in [2.24, 2.45) is 5.73 Å². The molecule has 0 spiro atoms. The Kier molecular flexibility index (Phi) is 3.20. The van der Waals surface area contributed by atoms with Gasteiger partial charge in [-0.15, -0.1) is 0 Å². The smallest absolute Gasteiger partial charge is 0.267 e. The van der Waals surface area contributed by atoms with E-state index < -0.39 is 5.91 Å². The highest BCUT2D eigenvalue weighted by molar-refractivity contribution is 6.13. The van der Waals surface area contributed by atoms with E-state index >= 15 is 0 Å². The monoisotopic (exact) mass is 317 g/mol. The fraction of sp³-hybridized carbons (Fsp3) is 0.0526. The number of hydrogen-bond acceptors (Lipinski definition) is 3. The highest BCUT2D eigenvalue weighted by atomic mass is 16.5. The normalized spacial score (nSPS) is 11.0. The van der Waals surface area contributed by atoms with Gasteiger partial charge in [0.25, 0.3) is 5.91 Å². The molecule has 2 heterocycles. The molecule has 0 unspecified atom stereocenters. The number of rotatable bonds is 3. The molecule has 4 rings (SSSR count). The van der Waals surface area contributed by atoms with Crippen molar-refractivity contribution in [1.82, 2.24) is 9.97 Å². The average Bonchev–Trinajstić information content (AvgIpc) is 2.99. The number of aromatic amines is 1. The average molecular weight is 317 g/mol. The molecule has 0 aliphatic heterocycles. The van der Waals surface area contributed by atoms with Crippen molar-refractivity contribution < 1.29 is 9.53 Å². The summed E-state index contributed by atoms with van der Waals surface area (Å²) in [4.78, 5) is 19.6. The van der Waals surface area contributed by atoms with E-state index in [0.29, 0.717) is 5.69 Å². The van der Waals surface area contributed by atoms with E-state index in [-0.39, 0.29) is 5.69 Å². The van der Waals surface area contributed by atoms with Gasteiger partial charge in [0.05, 0.1) is 18.3 Å². The highest BCUT2D eigenvalue weighted by Crippen LogP contribution is 2.33. The molecule has 3 N–H and O–H groups in total. The van der Waals surface area contributed by atoms with Crippen LogP contribution in [0, 0.1) is 0 Å². The van der Waals surface area contributed by atoms with Gasteiger partial charge in [0.15, 0.2) is 0 Å². The summed E-state index contributed by atoms with van der Waals surface area (Å²) in [6.07, 6.45) is 0. The van der Waals surface area contributed by atoms with Crippen molar-refractivity contribution in [3.8, 4) is 17.0 Å². The van der Waals surface area contributed by atoms with E-state index in [1.165, 1.54) is 0 Å². The van der Waals surface area contributed by atoms with Gasteiger partial charge < -0.3 is 15.5 Å². The van der Waals surface area contributed by atoms with Crippen molar-refractivity contribution in [2.45, 2.75) is 0 Å². The molecule has 2 aromatic carbocycles. The minimum Gasteiger partial charge on any atom is -0.497 e. The van der Waals surface area contributed by atoms with E-state index in [9.17, 15) is 4.79 Å². The number of pyridine rings is 1. The predicted molar refractivity (Wildman–Crippen MR) is 94.1 cm³/mol. The Balaban J connectivity index is 2.10. The van der Waals surface area contributed by atoms with Gasteiger partial charge in [0.1, 0.15) is 11.4 Å². The Morgan fingerprint density at radius 3 is 2.71 bits per heavy atom. The lowest BCUT2D eigenvalue weighted by molar-refractivity contribution is 0.0996. The summed E-state index contributed by atoms with van der Waals surface area (Å²) < 4.78 is 5.30. The molecule has 0 fully saturated rings. The summed E-state index contributed by atoms with van der Waals surface area (Å²) in [5.41, 5.74) is 9.11. The molecule has 0 saturated carbocycles. The molecule has 0 aliphatic carbocycles. The Morgan fingerprint density at radius 2 is 1.92 bits per heavy atom. The maximum absolute atomic E-state index is 11.7. The number of methoxy groups -OCH3 is 1. The van der Waals surface area contributed by atoms with Gasteiger partial charge in [-0.1, -0.05) is 30.3 Å². The fourth-order valence-electron chi connectivity index (χ4n) is 2.95. The van der Waals surface area contributed by atoms with Crippen LogP contribution in [0.15, 0.2) is 54.6 Å². The number of carbonyl (C=O) groups excluding carboxylic acids is 1. The number of nitrogens with one attached hydrogen (secondary N) is 1. The molecule has 0 bridgehead atoms. The number of nitrogens with two attached hydrogens (primary N) is 1. The van der Waals surface area contributed by atoms with E-state index in [0.717, 1.165) is 33.1 Å². The second kappa shape index (κ2) is 5.38. The molecule has 118 valence electrons. The molecule has 5 nitrogen and oxygen atoms in total. The molecule has 0 atom stereocenters. The summed E-state index contributed by atoms with van der Waals surface area (Å²) in [7, 11) is 1.62. The summed E-state index contributed by atoms with van der Waals surface area (Å²) in [5, 5.41) is 1.95. The Hall–Kier alpha value is -3.34. The van der Waals surface area contributed by atoms with Gasteiger partial charge in [0, 0.05) is 21.9 Å². The first-order chi connectivity index (χ1) is 11.7. The van der Waals surface area contributed by atoms with Crippen LogP contribution in [0.25, 0.3) is 33.1 Å². The number of ether oxygens (including phenoxy) is 1. The quantitative estimate of drug-likeness (QED) is 0.607. The second-order valence-corrected chi connectivity index (χ2v) is 5.55. The summed E-state index contributed by atoms with van der Waals surface area (Å²) in [5.74, 6) is 0.175. The molecule has 4 aromatic rings. The summed E-state index contributed by atoms with van der Waals surface area (Å²) >= 11 is 0. The number of amides is 1. The van der Waals surface area contributed by atoms with Gasteiger partial charge >= 0.3 is 0 Å². The van der Waals surface area contributed by atoms with Crippen molar-refractivity contribution in [3.63, 3.8) is 0 Å². The third kappa shape index (κ3) is 2.18.